The second kappa shape index (κ2) is 12.1. The van der Waals surface area contributed by atoms with E-state index in [9.17, 15) is 4.39 Å². The van der Waals surface area contributed by atoms with Gasteiger partial charge in [0, 0.05) is 76.9 Å². The maximum absolute atomic E-state index is 14.7. The highest BCUT2D eigenvalue weighted by Crippen LogP contribution is 2.35. The molecule has 1 aliphatic rings. The third kappa shape index (κ3) is 5.91. The van der Waals surface area contributed by atoms with Gasteiger partial charge >= 0.3 is 0 Å². The topological polar surface area (TPSA) is 98.8 Å². The third-order valence-electron chi connectivity index (χ3n) is 8.15. The minimum atomic E-state index is -0.372. The average Bonchev–Trinajstić information content (AvgIpc) is 3.65. The van der Waals surface area contributed by atoms with Crippen molar-refractivity contribution >= 4 is 21.9 Å². The van der Waals surface area contributed by atoms with Crippen LogP contribution in [0.3, 0.4) is 0 Å². The summed E-state index contributed by atoms with van der Waals surface area (Å²) in [7, 11) is 3.94. The fourth-order valence-corrected chi connectivity index (χ4v) is 5.91. The number of aromatic nitrogens is 6. The minimum Gasteiger partial charge on any atom is -0.492 e. The number of likely N-dealkylation sites (N-methyl/N-ethyl adjacent to an activating group) is 1. The van der Waals surface area contributed by atoms with Crippen LogP contribution in [0.4, 0.5) is 4.39 Å². The van der Waals surface area contributed by atoms with Crippen LogP contribution < -0.4 is 4.74 Å². The van der Waals surface area contributed by atoms with Gasteiger partial charge in [0.15, 0.2) is 5.65 Å². The highest BCUT2D eigenvalue weighted by molar-refractivity contribution is 6.00. The Balaban J connectivity index is 1.21. The van der Waals surface area contributed by atoms with Crippen LogP contribution in [0.15, 0.2) is 67.3 Å². The van der Waals surface area contributed by atoms with E-state index in [-0.39, 0.29) is 5.82 Å². The van der Waals surface area contributed by atoms with Crippen molar-refractivity contribution in [2.24, 2.45) is 0 Å². The van der Waals surface area contributed by atoms with Gasteiger partial charge in [-0.05, 0) is 82.0 Å². The van der Waals surface area contributed by atoms with Gasteiger partial charge in [0.25, 0.3) is 0 Å². The molecule has 0 saturated carbocycles. The fraction of sp³-hybridized carbons (Fsp3) is 0.294. The Hall–Kier alpha value is -4.67. The van der Waals surface area contributed by atoms with E-state index in [0.29, 0.717) is 29.3 Å². The lowest BCUT2D eigenvalue weighted by atomic mass is 10.0. The van der Waals surface area contributed by atoms with E-state index in [1.807, 2.05) is 55.8 Å². The summed E-state index contributed by atoms with van der Waals surface area (Å²) in [5, 5.41) is 9.46. The van der Waals surface area contributed by atoms with Crippen LogP contribution >= 0.6 is 0 Å². The van der Waals surface area contributed by atoms with Gasteiger partial charge in [-0.3, -0.25) is 20.0 Å². The van der Waals surface area contributed by atoms with E-state index < -0.39 is 0 Å². The second-order valence-electron chi connectivity index (χ2n) is 11.7. The number of halogens is 1. The smallest absolute Gasteiger partial charge is 0.155 e. The molecule has 1 fully saturated rings. The molecule has 0 amide bonds. The lowest BCUT2D eigenvalue weighted by Crippen LogP contribution is -2.29. The molecule has 1 aliphatic heterocycles. The first-order valence-corrected chi connectivity index (χ1v) is 15.1. The molecular formula is C34H35FN8O. The number of aromatic amines is 2. The van der Waals surface area contributed by atoms with Gasteiger partial charge in [-0.25, -0.2) is 9.37 Å². The van der Waals surface area contributed by atoms with E-state index in [2.05, 4.69) is 47.2 Å². The Bertz CT molecular complexity index is 1920. The standard InChI is InChI=1S/C34H35FN8O/c1-42(2)10-11-44-27-14-23(13-26(35)16-27)32-28-17-31(39-30(28)6-7-37-32)33-29-15-25(20-38-34(29)41-40-33)24-12-22(18-36-19-24)21-43-8-4-3-5-9-43/h6-7,12-20,39H,3-5,8-11,21H2,1-2H3,(H,38,40,41). The Morgan fingerprint density at radius 2 is 1.75 bits per heavy atom. The van der Waals surface area contributed by atoms with Gasteiger partial charge in [-0.2, -0.15) is 5.10 Å². The summed E-state index contributed by atoms with van der Waals surface area (Å²) in [4.78, 5) is 21.9. The van der Waals surface area contributed by atoms with Crippen molar-refractivity contribution < 1.29 is 9.13 Å². The van der Waals surface area contributed by atoms with Crippen molar-refractivity contribution in [1.82, 2.24) is 39.9 Å². The number of nitrogens with zero attached hydrogens (tertiary/aromatic N) is 6. The van der Waals surface area contributed by atoms with E-state index in [1.165, 1.54) is 37.0 Å². The molecular weight excluding hydrogens is 555 g/mol. The monoisotopic (exact) mass is 590 g/mol. The number of nitrogens with one attached hydrogen (secondary N) is 2. The molecule has 0 bridgehead atoms. The van der Waals surface area contributed by atoms with E-state index >= 15 is 0 Å². The predicted octanol–water partition coefficient (Wildman–Crippen LogP) is 6.30. The molecule has 2 N–H and O–H groups in total. The third-order valence-corrected chi connectivity index (χ3v) is 8.15. The van der Waals surface area contributed by atoms with Crippen molar-refractivity contribution in [3.63, 3.8) is 0 Å². The van der Waals surface area contributed by atoms with Crippen LogP contribution in [-0.4, -0.2) is 80.3 Å². The molecule has 6 heterocycles. The van der Waals surface area contributed by atoms with Crippen LogP contribution in [0.2, 0.25) is 0 Å². The largest absolute Gasteiger partial charge is 0.492 e. The average molecular weight is 591 g/mol. The zero-order chi connectivity index (χ0) is 30.0. The molecule has 224 valence electrons. The number of pyridine rings is 3. The zero-order valence-electron chi connectivity index (χ0n) is 25.0. The summed E-state index contributed by atoms with van der Waals surface area (Å²) in [6, 6.07) is 13.0. The molecule has 44 heavy (non-hydrogen) atoms. The van der Waals surface area contributed by atoms with Crippen molar-refractivity contribution in [2.75, 3.05) is 40.3 Å². The second-order valence-corrected chi connectivity index (χ2v) is 11.7. The number of likely N-dealkylation sites (tertiary alicyclic amines) is 1. The van der Waals surface area contributed by atoms with E-state index in [4.69, 9.17) is 4.74 Å². The summed E-state index contributed by atoms with van der Waals surface area (Å²) in [5.41, 5.74) is 7.66. The quantitative estimate of drug-likeness (QED) is 0.204. The Morgan fingerprint density at radius 1 is 0.886 bits per heavy atom. The van der Waals surface area contributed by atoms with Gasteiger partial charge in [-0.15, -0.1) is 0 Å². The molecule has 5 aromatic heterocycles. The molecule has 0 atom stereocenters. The Kier molecular flexibility index (Phi) is 7.76. The van der Waals surface area contributed by atoms with E-state index in [0.717, 1.165) is 65.0 Å². The van der Waals surface area contributed by atoms with Crippen LogP contribution in [0.5, 0.6) is 5.75 Å². The molecule has 0 spiro atoms. The molecule has 7 rings (SSSR count). The number of benzene rings is 1. The van der Waals surface area contributed by atoms with Crippen molar-refractivity contribution in [3.8, 4) is 39.5 Å². The minimum absolute atomic E-state index is 0.372. The zero-order valence-corrected chi connectivity index (χ0v) is 25.0. The van der Waals surface area contributed by atoms with Gasteiger partial charge in [-0.1, -0.05) is 6.42 Å². The normalized spacial score (nSPS) is 14.2. The first-order chi connectivity index (χ1) is 21.5. The van der Waals surface area contributed by atoms with Crippen LogP contribution in [0.1, 0.15) is 24.8 Å². The Labute approximate surface area is 255 Å². The van der Waals surface area contributed by atoms with Crippen molar-refractivity contribution in [3.05, 3.63) is 78.6 Å². The molecule has 1 saturated heterocycles. The molecule has 1 aromatic carbocycles. The van der Waals surface area contributed by atoms with E-state index in [1.54, 1.807) is 6.20 Å². The maximum Gasteiger partial charge on any atom is 0.155 e. The summed E-state index contributed by atoms with van der Waals surface area (Å²) in [6.45, 7) is 4.39. The summed E-state index contributed by atoms with van der Waals surface area (Å²) in [6.07, 6.45) is 11.3. The van der Waals surface area contributed by atoms with Crippen molar-refractivity contribution in [1.29, 1.82) is 0 Å². The summed E-state index contributed by atoms with van der Waals surface area (Å²) in [5.74, 6) is 0.103. The number of fused-ring (bicyclic) bond motifs is 2. The SMILES string of the molecule is CN(C)CCOc1cc(F)cc(-c2nccc3[nH]c(-c4n[nH]c5ncc(-c6cncc(CN7CCCCC7)c6)cc45)cc23)c1. The summed E-state index contributed by atoms with van der Waals surface area (Å²) >= 11 is 0. The first-order valence-electron chi connectivity index (χ1n) is 15.1. The molecule has 10 heteroatoms. The molecule has 0 unspecified atom stereocenters. The lowest BCUT2D eigenvalue weighted by molar-refractivity contribution is 0.220. The molecule has 0 radical (unpaired) electrons. The highest BCUT2D eigenvalue weighted by Gasteiger charge is 2.17. The molecule has 6 aromatic rings. The number of hydrogen-bond donors (Lipinski definition) is 2. The van der Waals surface area contributed by atoms with Gasteiger partial charge < -0.3 is 14.6 Å². The lowest BCUT2D eigenvalue weighted by Gasteiger charge is -2.26. The first kappa shape index (κ1) is 28.1. The molecule has 0 aliphatic carbocycles. The maximum atomic E-state index is 14.7. The number of rotatable bonds is 9. The van der Waals surface area contributed by atoms with Crippen molar-refractivity contribution in [2.45, 2.75) is 25.8 Å². The highest BCUT2D eigenvalue weighted by atomic mass is 19.1. The van der Waals surface area contributed by atoms with Gasteiger partial charge in [0.05, 0.1) is 11.4 Å². The summed E-state index contributed by atoms with van der Waals surface area (Å²) < 4.78 is 20.5. The Morgan fingerprint density at radius 3 is 2.61 bits per heavy atom. The number of H-pyrrole nitrogens is 2. The molecule has 9 nitrogen and oxygen atoms in total. The van der Waals surface area contributed by atoms with Crippen LogP contribution in [0, 0.1) is 5.82 Å². The van der Waals surface area contributed by atoms with Gasteiger partial charge in [0.1, 0.15) is 23.9 Å². The fourth-order valence-electron chi connectivity index (χ4n) is 5.91. The number of piperidine rings is 1. The van der Waals surface area contributed by atoms with Crippen LogP contribution in [-0.2, 0) is 6.54 Å². The van der Waals surface area contributed by atoms with Gasteiger partial charge in [0.2, 0.25) is 0 Å². The van der Waals surface area contributed by atoms with Crippen LogP contribution in [0.25, 0.3) is 55.7 Å². The number of hydrogen-bond acceptors (Lipinski definition) is 7. The number of ether oxygens (including phenoxy) is 1. The predicted molar refractivity (Wildman–Crippen MR) is 171 cm³/mol.